The average molecular weight is 280 g/mol. The number of aryl methyl sites for hydroxylation is 2. The van der Waals surface area contributed by atoms with Gasteiger partial charge in [0.25, 0.3) is 0 Å². The number of hydrogen-bond donors (Lipinski definition) is 0. The molecule has 0 bridgehead atoms. The van der Waals surface area contributed by atoms with E-state index in [0.717, 1.165) is 12.1 Å². The fourth-order valence-corrected chi connectivity index (χ4v) is 3.34. The third-order valence-corrected chi connectivity index (χ3v) is 4.42. The number of rotatable bonds is 1. The summed E-state index contributed by atoms with van der Waals surface area (Å²) in [5.74, 6) is 0.483. The van der Waals surface area contributed by atoms with E-state index in [0.29, 0.717) is 5.92 Å². The van der Waals surface area contributed by atoms with Crippen molar-refractivity contribution in [2.75, 3.05) is 10.8 Å². The Balaban J connectivity index is 2.64. The van der Waals surface area contributed by atoms with Crippen LogP contribution in [0.25, 0.3) is 0 Å². The van der Waals surface area contributed by atoms with E-state index < -0.39 is 0 Å². The van der Waals surface area contributed by atoms with Crippen LogP contribution in [0.3, 0.4) is 0 Å². The third kappa shape index (κ3) is 2.38. The van der Waals surface area contributed by atoms with Crippen molar-refractivity contribution in [1.82, 2.24) is 0 Å². The van der Waals surface area contributed by atoms with Gasteiger partial charge in [-0.2, -0.15) is 0 Å². The van der Waals surface area contributed by atoms with Crippen LogP contribution >= 0.6 is 11.6 Å². The van der Waals surface area contributed by atoms with Crippen LogP contribution in [-0.4, -0.2) is 17.3 Å². The van der Waals surface area contributed by atoms with Gasteiger partial charge < -0.3 is 4.90 Å². The minimum absolute atomic E-state index is 0.0110. The van der Waals surface area contributed by atoms with Gasteiger partial charge in [0.2, 0.25) is 5.91 Å². The van der Waals surface area contributed by atoms with Gasteiger partial charge >= 0.3 is 0 Å². The molecule has 104 valence electrons. The van der Waals surface area contributed by atoms with E-state index in [4.69, 9.17) is 11.6 Å². The molecule has 0 aromatic heterocycles. The first-order valence-corrected chi connectivity index (χ1v) is 7.31. The van der Waals surface area contributed by atoms with Gasteiger partial charge in [0.05, 0.1) is 0 Å². The Morgan fingerprint density at radius 1 is 1.37 bits per heavy atom. The van der Waals surface area contributed by atoms with Crippen molar-refractivity contribution in [3.63, 3.8) is 0 Å². The molecule has 1 aromatic carbocycles. The Kier molecular flexibility index (Phi) is 3.65. The monoisotopic (exact) mass is 279 g/mol. The van der Waals surface area contributed by atoms with E-state index in [2.05, 4.69) is 46.8 Å². The van der Waals surface area contributed by atoms with Crippen molar-refractivity contribution < 1.29 is 4.79 Å². The van der Waals surface area contributed by atoms with Crippen LogP contribution in [-0.2, 0) is 4.79 Å². The van der Waals surface area contributed by atoms with Crippen LogP contribution in [0.5, 0.6) is 0 Å². The quantitative estimate of drug-likeness (QED) is 0.707. The van der Waals surface area contributed by atoms with Crippen LogP contribution < -0.4 is 4.90 Å². The first-order valence-electron chi connectivity index (χ1n) is 6.78. The molecule has 1 aromatic rings. The molecule has 0 saturated carbocycles. The van der Waals surface area contributed by atoms with Gasteiger partial charge in [-0.25, -0.2) is 0 Å². The molecule has 1 aliphatic rings. The molecule has 1 amide bonds. The summed E-state index contributed by atoms with van der Waals surface area (Å²) >= 11 is 5.80. The highest BCUT2D eigenvalue weighted by atomic mass is 35.5. The zero-order chi connectivity index (χ0) is 14.4. The predicted molar refractivity (Wildman–Crippen MR) is 81.2 cm³/mol. The number of carbonyl (C=O) groups is 1. The highest BCUT2D eigenvalue weighted by Gasteiger charge is 2.39. The van der Waals surface area contributed by atoms with Crippen LogP contribution in [0.1, 0.15) is 49.8 Å². The van der Waals surface area contributed by atoms with Crippen LogP contribution in [0.15, 0.2) is 12.1 Å². The second-order valence-corrected chi connectivity index (χ2v) is 6.54. The second-order valence-electron chi connectivity index (χ2n) is 6.28. The maximum absolute atomic E-state index is 12.2. The highest BCUT2D eigenvalue weighted by Crippen LogP contribution is 2.44. The maximum Gasteiger partial charge on any atom is 0.242 e. The normalized spacial score (nSPS) is 21.2. The van der Waals surface area contributed by atoms with Gasteiger partial charge in [0, 0.05) is 11.2 Å². The van der Waals surface area contributed by atoms with Crippen molar-refractivity contribution in [3.05, 3.63) is 28.8 Å². The smallest absolute Gasteiger partial charge is 0.242 e. The molecule has 1 atom stereocenters. The topological polar surface area (TPSA) is 20.3 Å². The molecule has 1 aliphatic heterocycles. The van der Waals surface area contributed by atoms with E-state index in [1.807, 2.05) is 4.90 Å². The third-order valence-electron chi connectivity index (χ3n) is 4.19. The molecule has 19 heavy (non-hydrogen) atoms. The lowest BCUT2D eigenvalue weighted by atomic mass is 9.79. The minimum Gasteiger partial charge on any atom is -0.306 e. The Labute approximate surface area is 120 Å². The lowest BCUT2D eigenvalue weighted by Gasteiger charge is -2.46. The van der Waals surface area contributed by atoms with E-state index in [9.17, 15) is 4.79 Å². The molecule has 0 aliphatic carbocycles. The van der Waals surface area contributed by atoms with Gasteiger partial charge in [-0.05, 0) is 62.8 Å². The van der Waals surface area contributed by atoms with Gasteiger partial charge in [0.1, 0.15) is 5.88 Å². The summed E-state index contributed by atoms with van der Waals surface area (Å²) in [7, 11) is 0. The number of halogens is 1. The van der Waals surface area contributed by atoms with Crippen molar-refractivity contribution in [2.24, 2.45) is 0 Å². The number of fused-ring (bicyclic) bond motifs is 1. The summed E-state index contributed by atoms with van der Waals surface area (Å²) in [6.07, 6.45) is 0.963. The Bertz CT molecular complexity index is 522. The van der Waals surface area contributed by atoms with E-state index in [1.165, 1.54) is 16.7 Å². The Morgan fingerprint density at radius 3 is 2.53 bits per heavy atom. The molecule has 2 nitrogen and oxygen atoms in total. The van der Waals surface area contributed by atoms with E-state index in [-0.39, 0.29) is 17.3 Å². The fourth-order valence-electron chi connectivity index (χ4n) is 3.22. The molecule has 0 unspecified atom stereocenters. The molecule has 2 rings (SSSR count). The predicted octanol–water partition coefficient (Wildman–Crippen LogP) is 4.16. The fraction of sp³-hybridized carbons (Fsp3) is 0.562. The highest BCUT2D eigenvalue weighted by molar-refractivity contribution is 6.29. The van der Waals surface area contributed by atoms with E-state index in [1.54, 1.807) is 0 Å². The lowest BCUT2D eigenvalue weighted by Crippen LogP contribution is -2.52. The SMILES string of the molecule is Cc1cc2c(cc1C)N(C(=O)CCl)C(C)(C)C[C@H]2C. The summed E-state index contributed by atoms with van der Waals surface area (Å²) in [5.41, 5.74) is 4.62. The van der Waals surface area contributed by atoms with Crippen LogP contribution in [0, 0.1) is 13.8 Å². The molecule has 0 saturated heterocycles. The summed E-state index contributed by atoms with van der Waals surface area (Å²) in [6.45, 7) is 10.7. The van der Waals surface area contributed by atoms with Crippen molar-refractivity contribution in [1.29, 1.82) is 0 Å². The zero-order valence-corrected chi connectivity index (χ0v) is 13.1. The van der Waals surface area contributed by atoms with Gasteiger partial charge in [-0.3, -0.25) is 4.79 Å². The maximum atomic E-state index is 12.2. The van der Waals surface area contributed by atoms with Crippen molar-refractivity contribution >= 4 is 23.2 Å². The van der Waals surface area contributed by atoms with Crippen LogP contribution in [0.2, 0.25) is 0 Å². The lowest BCUT2D eigenvalue weighted by molar-refractivity contribution is -0.117. The largest absolute Gasteiger partial charge is 0.306 e. The first-order chi connectivity index (χ1) is 8.77. The first kappa shape index (κ1) is 14.4. The Hall–Kier alpha value is -1.02. The molecule has 0 radical (unpaired) electrons. The van der Waals surface area contributed by atoms with E-state index >= 15 is 0 Å². The van der Waals surface area contributed by atoms with Gasteiger partial charge in [0.15, 0.2) is 0 Å². The molecule has 0 spiro atoms. The van der Waals surface area contributed by atoms with Gasteiger partial charge in [-0.15, -0.1) is 11.6 Å². The summed E-state index contributed by atoms with van der Waals surface area (Å²) < 4.78 is 0. The number of hydrogen-bond acceptors (Lipinski definition) is 1. The second kappa shape index (κ2) is 4.82. The zero-order valence-electron chi connectivity index (χ0n) is 12.4. The van der Waals surface area contributed by atoms with Crippen molar-refractivity contribution in [2.45, 2.75) is 52.5 Å². The number of alkyl halides is 1. The van der Waals surface area contributed by atoms with Crippen LogP contribution in [0.4, 0.5) is 5.69 Å². The number of nitrogens with zero attached hydrogens (tertiary/aromatic N) is 1. The summed E-state index contributed by atoms with van der Waals surface area (Å²) in [4.78, 5) is 14.1. The molecule has 0 fully saturated rings. The number of benzene rings is 1. The molecular formula is C16H22ClNO. The Morgan fingerprint density at radius 2 is 1.95 bits per heavy atom. The number of anilines is 1. The molecule has 1 heterocycles. The molecule has 3 heteroatoms. The minimum atomic E-state index is -0.180. The van der Waals surface area contributed by atoms with Crippen molar-refractivity contribution in [3.8, 4) is 0 Å². The summed E-state index contributed by atoms with van der Waals surface area (Å²) in [6, 6.07) is 4.35. The number of carbonyl (C=O) groups excluding carboxylic acids is 1. The summed E-state index contributed by atoms with van der Waals surface area (Å²) in [5, 5.41) is 0. The van der Waals surface area contributed by atoms with Gasteiger partial charge in [-0.1, -0.05) is 13.0 Å². The standard InChI is InChI=1S/C16H22ClNO/c1-10-6-13-12(3)8-16(4,5)18(15(19)9-17)14(13)7-11(10)2/h6-7,12H,8-9H2,1-5H3/t12-/m1/s1. The molecule has 0 N–H and O–H groups in total. The average Bonchev–Trinajstić information content (AvgIpc) is 2.30. The molecular weight excluding hydrogens is 258 g/mol. The number of amides is 1.